The van der Waals surface area contributed by atoms with Crippen LogP contribution in [0.1, 0.15) is 35.7 Å². The molecule has 0 aliphatic rings. The van der Waals surface area contributed by atoms with Crippen molar-refractivity contribution in [3.05, 3.63) is 27.4 Å². The van der Waals surface area contributed by atoms with E-state index in [9.17, 15) is 4.79 Å². The smallest absolute Gasteiger partial charge is 0.373 e. The number of thiophene rings is 1. The van der Waals surface area contributed by atoms with Crippen molar-refractivity contribution < 1.29 is 14.3 Å². The van der Waals surface area contributed by atoms with Crippen LogP contribution >= 0.6 is 22.9 Å². The molecule has 2 heterocycles. The van der Waals surface area contributed by atoms with Gasteiger partial charge in [-0.2, -0.15) is 0 Å². The normalized spacial score (nSPS) is 11.2. The van der Waals surface area contributed by atoms with Crippen molar-refractivity contribution in [2.45, 2.75) is 27.2 Å². The fourth-order valence-electron chi connectivity index (χ4n) is 1.72. The minimum absolute atomic E-state index is 0.0918. The second kappa shape index (κ2) is 5.35. The van der Waals surface area contributed by atoms with E-state index in [4.69, 9.17) is 21.1 Å². The van der Waals surface area contributed by atoms with Crippen molar-refractivity contribution in [2.24, 2.45) is 5.92 Å². The molecule has 6 heteroatoms. The second-order valence-electron chi connectivity index (χ2n) is 4.76. The van der Waals surface area contributed by atoms with E-state index in [2.05, 4.69) is 4.98 Å². The highest BCUT2D eigenvalue weighted by molar-refractivity contribution is 7.14. The molecule has 1 N–H and O–H groups in total. The van der Waals surface area contributed by atoms with Crippen LogP contribution in [0.5, 0.6) is 0 Å². The van der Waals surface area contributed by atoms with Gasteiger partial charge in [0, 0.05) is 0 Å². The van der Waals surface area contributed by atoms with Gasteiger partial charge in [-0.3, -0.25) is 0 Å². The molecule has 0 radical (unpaired) electrons. The van der Waals surface area contributed by atoms with Gasteiger partial charge in [-0.15, -0.1) is 11.3 Å². The predicted octanol–water partition coefficient (Wildman–Crippen LogP) is 4.26. The Hall–Kier alpha value is -1.33. The lowest BCUT2D eigenvalue weighted by atomic mass is 10.1. The Bertz CT molecular complexity index is 615. The Morgan fingerprint density at radius 3 is 2.74 bits per heavy atom. The number of hydrogen-bond donors (Lipinski definition) is 1. The highest BCUT2D eigenvalue weighted by Gasteiger charge is 2.23. The molecule has 0 unspecified atom stereocenters. The third kappa shape index (κ3) is 2.82. The Kier molecular flexibility index (Phi) is 3.96. The number of carbonyl (C=O) groups is 1. The maximum Gasteiger partial charge on any atom is 0.373 e. The molecule has 102 valence electrons. The fourth-order valence-corrected chi connectivity index (χ4v) is 2.91. The maximum atomic E-state index is 11.2. The van der Waals surface area contributed by atoms with Crippen LogP contribution in [0.4, 0.5) is 0 Å². The van der Waals surface area contributed by atoms with E-state index in [-0.39, 0.29) is 11.7 Å². The van der Waals surface area contributed by atoms with E-state index in [0.29, 0.717) is 27.9 Å². The van der Waals surface area contributed by atoms with Crippen molar-refractivity contribution in [1.29, 1.82) is 0 Å². The molecule has 0 atom stereocenters. The monoisotopic (exact) mass is 299 g/mol. The zero-order valence-electron chi connectivity index (χ0n) is 10.9. The van der Waals surface area contributed by atoms with Crippen LogP contribution in [-0.2, 0) is 6.42 Å². The molecule has 4 nitrogen and oxygen atoms in total. The van der Waals surface area contributed by atoms with Crippen LogP contribution in [-0.4, -0.2) is 16.1 Å². The van der Waals surface area contributed by atoms with Gasteiger partial charge in [-0.05, 0) is 30.2 Å². The number of oxazole rings is 1. The summed E-state index contributed by atoms with van der Waals surface area (Å²) in [6.45, 7) is 5.89. The Balaban J connectivity index is 2.48. The number of carboxylic acid groups (broad SMARTS) is 1. The first-order valence-electron chi connectivity index (χ1n) is 5.87. The Morgan fingerprint density at radius 2 is 2.26 bits per heavy atom. The minimum Gasteiger partial charge on any atom is -0.475 e. The van der Waals surface area contributed by atoms with Crippen LogP contribution < -0.4 is 0 Å². The van der Waals surface area contributed by atoms with Gasteiger partial charge in [0.1, 0.15) is 4.88 Å². The Morgan fingerprint density at radius 1 is 1.58 bits per heavy atom. The van der Waals surface area contributed by atoms with Crippen LogP contribution in [0.2, 0.25) is 5.02 Å². The molecule has 0 saturated heterocycles. The number of rotatable bonds is 4. The second-order valence-corrected chi connectivity index (χ2v) is 6.02. The molecule has 0 aliphatic carbocycles. The van der Waals surface area contributed by atoms with Gasteiger partial charge in [0.25, 0.3) is 0 Å². The molecule has 19 heavy (non-hydrogen) atoms. The highest BCUT2D eigenvalue weighted by atomic mass is 35.5. The minimum atomic E-state index is -1.10. The van der Waals surface area contributed by atoms with Gasteiger partial charge in [0.05, 0.1) is 10.7 Å². The van der Waals surface area contributed by atoms with E-state index in [1.165, 1.54) is 11.3 Å². The molecule has 0 bridgehead atoms. The SMILES string of the molecule is Cc1csc(-c2nc(CC(C)C)c(C(=O)O)o2)c1Cl. The number of nitrogens with zero attached hydrogens (tertiary/aromatic N) is 1. The standard InChI is InChI=1S/C13H14ClNO3S/c1-6(2)4-8-10(13(16)17)18-12(15-8)11-9(14)7(3)5-19-11/h5-6H,4H2,1-3H3,(H,16,17). The lowest BCUT2D eigenvalue weighted by Crippen LogP contribution is -2.03. The lowest BCUT2D eigenvalue weighted by Gasteiger charge is -1.99. The van der Waals surface area contributed by atoms with E-state index < -0.39 is 5.97 Å². The van der Waals surface area contributed by atoms with E-state index >= 15 is 0 Å². The average molecular weight is 300 g/mol. The first kappa shape index (κ1) is 14.1. The molecule has 0 saturated carbocycles. The summed E-state index contributed by atoms with van der Waals surface area (Å²) in [5.41, 5.74) is 1.40. The van der Waals surface area contributed by atoms with E-state index in [1.54, 1.807) is 0 Å². The molecular formula is C13H14ClNO3S. The molecule has 2 rings (SSSR count). The number of hydrogen-bond acceptors (Lipinski definition) is 4. The zero-order valence-corrected chi connectivity index (χ0v) is 12.4. The summed E-state index contributed by atoms with van der Waals surface area (Å²) in [4.78, 5) is 16.1. The molecule has 0 amide bonds. The van der Waals surface area contributed by atoms with Gasteiger partial charge in [-0.25, -0.2) is 9.78 Å². The molecule has 2 aromatic rings. The van der Waals surface area contributed by atoms with Crippen molar-refractivity contribution in [3.8, 4) is 10.8 Å². The highest BCUT2D eigenvalue weighted by Crippen LogP contribution is 2.36. The van der Waals surface area contributed by atoms with E-state index in [0.717, 1.165) is 5.56 Å². The maximum absolute atomic E-state index is 11.2. The van der Waals surface area contributed by atoms with Gasteiger partial charge >= 0.3 is 5.97 Å². The number of aromatic carboxylic acids is 1. The van der Waals surface area contributed by atoms with Crippen molar-refractivity contribution >= 4 is 28.9 Å². The predicted molar refractivity (Wildman–Crippen MR) is 75.1 cm³/mol. The van der Waals surface area contributed by atoms with Crippen LogP contribution in [0, 0.1) is 12.8 Å². The molecule has 0 fully saturated rings. The number of aromatic nitrogens is 1. The molecule has 2 aromatic heterocycles. The summed E-state index contributed by atoms with van der Waals surface area (Å²) in [6.07, 6.45) is 0.563. The third-order valence-corrected chi connectivity index (χ3v) is 4.27. The summed E-state index contributed by atoms with van der Waals surface area (Å²) < 4.78 is 5.37. The fraction of sp³-hybridized carbons (Fsp3) is 0.385. The van der Waals surface area contributed by atoms with Gasteiger partial charge in [0.2, 0.25) is 11.7 Å². The number of halogens is 1. The number of aryl methyl sites for hydroxylation is 1. The zero-order chi connectivity index (χ0) is 14.2. The van der Waals surface area contributed by atoms with Gasteiger partial charge < -0.3 is 9.52 Å². The summed E-state index contributed by atoms with van der Waals surface area (Å²) in [6, 6.07) is 0. The molecular weight excluding hydrogens is 286 g/mol. The van der Waals surface area contributed by atoms with Crippen molar-refractivity contribution in [2.75, 3.05) is 0 Å². The van der Waals surface area contributed by atoms with Crippen molar-refractivity contribution in [1.82, 2.24) is 4.98 Å². The average Bonchev–Trinajstić information content (AvgIpc) is 2.84. The Labute approximate surface area is 120 Å². The molecule has 0 spiro atoms. The third-order valence-electron chi connectivity index (χ3n) is 2.59. The summed E-state index contributed by atoms with van der Waals surface area (Å²) in [5.74, 6) is -0.600. The van der Waals surface area contributed by atoms with Crippen molar-refractivity contribution in [3.63, 3.8) is 0 Å². The van der Waals surface area contributed by atoms with Crippen LogP contribution in [0.15, 0.2) is 9.80 Å². The van der Waals surface area contributed by atoms with Crippen LogP contribution in [0.25, 0.3) is 10.8 Å². The summed E-state index contributed by atoms with van der Waals surface area (Å²) in [5, 5.41) is 11.6. The first-order valence-corrected chi connectivity index (χ1v) is 7.12. The summed E-state index contributed by atoms with van der Waals surface area (Å²) in [7, 11) is 0. The number of carboxylic acids is 1. The van der Waals surface area contributed by atoms with Gasteiger partial charge in [-0.1, -0.05) is 25.4 Å². The van der Waals surface area contributed by atoms with Crippen LogP contribution in [0.3, 0.4) is 0 Å². The first-order chi connectivity index (χ1) is 8.90. The van der Waals surface area contributed by atoms with Gasteiger partial charge in [0.15, 0.2) is 0 Å². The molecule has 0 aliphatic heterocycles. The lowest BCUT2D eigenvalue weighted by molar-refractivity contribution is 0.0661. The topological polar surface area (TPSA) is 63.3 Å². The quantitative estimate of drug-likeness (QED) is 0.916. The van der Waals surface area contributed by atoms with E-state index in [1.807, 2.05) is 26.2 Å². The summed E-state index contributed by atoms with van der Waals surface area (Å²) >= 11 is 7.55. The largest absolute Gasteiger partial charge is 0.475 e. The molecule has 0 aromatic carbocycles.